The Morgan fingerprint density at radius 1 is 0.968 bits per heavy atom. The van der Waals surface area contributed by atoms with Gasteiger partial charge in [0.05, 0.1) is 24.5 Å². The summed E-state index contributed by atoms with van der Waals surface area (Å²) in [6, 6.07) is 0. The topological polar surface area (TPSA) is 72.8 Å². The van der Waals surface area contributed by atoms with Crippen molar-refractivity contribution in [2.45, 2.75) is 111 Å². The number of aliphatic hydroxyl groups excluding tert-OH is 1. The fraction of sp³-hybridized carbons (Fsp3) is 0.923. The smallest absolute Gasteiger partial charge is 0.311 e. The average Bonchev–Trinajstić information content (AvgIpc) is 2.80. The Labute approximate surface area is 190 Å². The van der Waals surface area contributed by atoms with Gasteiger partial charge >= 0.3 is 11.9 Å². The van der Waals surface area contributed by atoms with Crippen LogP contribution in [0.25, 0.3) is 0 Å². The van der Waals surface area contributed by atoms with Gasteiger partial charge in [-0.25, -0.2) is 0 Å². The number of esters is 2. The van der Waals surface area contributed by atoms with Gasteiger partial charge in [0.2, 0.25) is 0 Å². The van der Waals surface area contributed by atoms with E-state index in [4.69, 9.17) is 14.6 Å². The predicted molar refractivity (Wildman–Crippen MR) is 125 cm³/mol. The van der Waals surface area contributed by atoms with Gasteiger partial charge in [0.1, 0.15) is 6.61 Å². The summed E-state index contributed by atoms with van der Waals surface area (Å²) in [5.74, 6) is 1.19. The number of carbonyl (C=O) groups excluding carboxylic acids is 2. The van der Waals surface area contributed by atoms with Crippen molar-refractivity contribution in [3.05, 3.63) is 0 Å². The Bertz CT molecular complexity index is 528. The molecule has 0 heterocycles. The minimum absolute atomic E-state index is 0.0446. The van der Waals surface area contributed by atoms with Crippen LogP contribution >= 0.6 is 0 Å². The van der Waals surface area contributed by atoms with E-state index in [-0.39, 0.29) is 25.2 Å². The number of aliphatic hydroxyl groups is 1. The van der Waals surface area contributed by atoms with Gasteiger partial charge in [0.15, 0.2) is 0 Å². The van der Waals surface area contributed by atoms with Gasteiger partial charge in [0, 0.05) is 0 Å². The molecule has 182 valence electrons. The van der Waals surface area contributed by atoms with Gasteiger partial charge in [-0.05, 0) is 51.4 Å². The van der Waals surface area contributed by atoms with Gasteiger partial charge in [-0.15, -0.1) is 0 Å². The van der Waals surface area contributed by atoms with Crippen molar-refractivity contribution in [3.8, 4) is 0 Å². The maximum atomic E-state index is 12.9. The van der Waals surface area contributed by atoms with Crippen LogP contribution in [0, 0.1) is 22.7 Å². The Kier molecular flexibility index (Phi) is 12.7. The van der Waals surface area contributed by atoms with Gasteiger partial charge in [0.25, 0.3) is 0 Å². The monoisotopic (exact) mass is 440 g/mol. The minimum Gasteiger partial charge on any atom is -0.469 e. The third-order valence-electron chi connectivity index (χ3n) is 7.88. The lowest BCUT2D eigenvalue weighted by Gasteiger charge is -2.32. The van der Waals surface area contributed by atoms with E-state index in [1.807, 2.05) is 20.8 Å². The fourth-order valence-corrected chi connectivity index (χ4v) is 5.31. The summed E-state index contributed by atoms with van der Waals surface area (Å²) < 4.78 is 10.3. The first kappa shape index (κ1) is 27.9. The lowest BCUT2D eigenvalue weighted by atomic mass is 9.73. The fourth-order valence-electron chi connectivity index (χ4n) is 5.31. The summed E-state index contributed by atoms with van der Waals surface area (Å²) in [5, 5.41) is 9.08. The maximum Gasteiger partial charge on any atom is 0.311 e. The van der Waals surface area contributed by atoms with Crippen LogP contribution in [-0.2, 0) is 19.1 Å². The molecule has 1 aliphatic rings. The molecule has 0 aromatic carbocycles. The predicted octanol–water partition coefficient (Wildman–Crippen LogP) is 6.06. The number of methoxy groups -OCH3 is 1. The molecule has 3 atom stereocenters. The van der Waals surface area contributed by atoms with Crippen LogP contribution in [0.1, 0.15) is 111 Å². The largest absolute Gasteiger partial charge is 0.469 e. The van der Waals surface area contributed by atoms with Crippen LogP contribution in [0.4, 0.5) is 0 Å². The van der Waals surface area contributed by atoms with E-state index in [0.29, 0.717) is 19.3 Å². The number of ether oxygens (including phenoxy) is 2. The molecule has 1 fully saturated rings. The number of carbonyl (C=O) groups is 2. The molecule has 3 unspecified atom stereocenters. The van der Waals surface area contributed by atoms with Gasteiger partial charge in [-0.3, -0.25) is 9.59 Å². The summed E-state index contributed by atoms with van der Waals surface area (Å²) in [4.78, 5) is 25.0. The molecule has 0 spiro atoms. The van der Waals surface area contributed by atoms with Crippen molar-refractivity contribution in [1.29, 1.82) is 0 Å². The zero-order valence-electron chi connectivity index (χ0n) is 20.8. The van der Waals surface area contributed by atoms with E-state index in [9.17, 15) is 9.59 Å². The van der Waals surface area contributed by atoms with Crippen molar-refractivity contribution >= 4 is 11.9 Å². The minimum atomic E-state index is -0.579. The molecule has 0 radical (unpaired) electrons. The highest BCUT2D eigenvalue weighted by atomic mass is 16.5. The van der Waals surface area contributed by atoms with Gasteiger partial charge in [-0.1, -0.05) is 71.6 Å². The van der Waals surface area contributed by atoms with Crippen LogP contribution in [-0.4, -0.2) is 37.4 Å². The standard InChI is InChI=1S/C26H48O5/c1-6-21(22-13-9-8-10-14-22)15-11-16-26(4,24(29)31-20-19-27)18-12-17-25(3,7-2)23(28)30-5/h21-22,27H,6-20H2,1-5H3. The summed E-state index contributed by atoms with van der Waals surface area (Å²) >= 11 is 0. The summed E-state index contributed by atoms with van der Waals surface area (Å²) in [6.07, 6.45) is 13.9. The molecule has 0 bridgehead atoms. The van der Waals surface area contributed by atoms with Crippen LogP contribution in [0.5, 0.6) is 0 Å². The van der Waals surface area contributed by atoms with Crippen molar-refractivity contribution < 1.29 is 24.2 Å². The first-order valence-corrected chi connectivity index (χ1v) is 12.6. The molecule has 0 saturated heterocycles. The molecule has 0 aliphatic heterocycles. The Morgan fingerprint density at radius 3 is 2.13 bits per heavy atom. The molecule has 0 aromatic rings. The average molecular weight is 441 g/mol. The molecular formula is C26H48O5. The first-order valence-electron chi connectivity index (χ1n) is 12.6. The Hall–Kier alpha value is -1.10. The van der Waals surface area contributed by atoms with Gasteiger partial charge in [-0.2, -0.15) is 0 Å². The van der Waals surface area contributed by atoms with Crippen LogP contribution in [0.3, 0.4) is 0 Å². The van der Waals surface area contributed by atoms with Crippen LogP contribution in [0.2, 0.25) is 0 Å². The van der Waals surface area contributed by atoms with Crippen molar-refractivity contribution in [1.82, 2.24) is 0 Å². The van der Waals surface area contributed by atoms with E-state index in [0.717, 1.165) is 31.1 Å². The van der Waals surface area contributed by atoms with E-state index in [1.165, 1.54) is 52.1 Å². The van der Waals surface area contributed by atoms with Crippen molar-refractivity contribution in [2.75, 3.05) is 20.3 Å². The zero-order valence-corrected chi connectivity index (χ0v) is 20.8. The second-order valence-corrected chi connectivity index (χ2v) is 10.1. The zero-order chi connectivity index (χ0) is 23.3. The van der Waals surface area contributed by atoms with E-state index >= 15 is 0 Å². The van der Waals surface area contributed by atoms with E-state index in [1.54, 1.807) is 0 Å². The summed E-state index contributed by atoms with van der Waals surface area (Å²) in [5.41, 5.74) is -1.09. The molecule has 1 rings (SSSR count). The molecule has 1 aliphatic carbocycles. The molecular weight excluding hydrogens is 392 g/mol. The summed E-state index contributed by atoms with van der Waals surface area (Å²) in [7, 11) is 1.43. The SMILES string of the molecule is CCC(CCCC(C)(CCCC(C)(CC)C(=O)OC)C(=O)OCCO)C1CCCCC1. The normalized spacial score (nSPS) is 19.8. The highest BCUT2D eigenvalue weighted by Gasteiger charge is 2.37. The molecule has 1 saturated carbocycles. The molecule has 31 heavy (non-hydrogen) atoms. The van der Waals surface area contributed by atoms with E-state index in [2.05, 4.69) is 6.92 Å². The van der Waals surface area contributed by atoms with E-state index < -0.39 is 10.8 Å². The highest BCUT2D eigenvalue weighted by molar-refractivity contribution is 5.77. The number of rotatable bonds is 15. The number of hydrogen-bond acceptors (Lipinski definition) is 5. The summed E-state index contributed by atoms with van der Waals surface area (Å²) in [6.45, 7) is 8.13. The third-order valence-corrected chi connectivity index (χ3v) is 7.88. The third kappa shape index (κ3) is 8.75. The molecule has 1 N–H and O–H groups in total. The Balaban J connectivity index is 2.71. The lowest BCUT2D eigenvalue weighted by molar-refractivity contribution is -0.157. The molecule has 0 aromatic heterocycles. The second kappa shape index (κ2) is 14.1. The first-order chi connectivity index (χ1) is 14.8. The quantitative estimate of drug-likeness (QED) is 0.313. The lowest BCUT2D eigenvalue weighted by Crippen LogP contribution is -2.33. The van der Waals surface area contributed by atoms with Gasteiger partial charge < -0.3 is 14.6 Å². The molecule has 5 heteroatoms. The Morgan fingerprint density at radius 2 is 1.58 bits per heavy atom. The van der Waals surface area contributed by atoms with Crippen LogP contribution < -0.4 is 0 Å². The molecule has 0 amide bonds. The van der Waals surface area contributed by atoms with Crippen molar-refractivity contribution in [2.24, 2.45) is 22.7 Å². The highest BCUT2D eigenvalue weighted by Crippen LogP contribution is 2.39. The van der Waals surface area contributed by atoms with Crippen LogP contribution in [0.15, 0.2) is 0 Å². The second-order valence-electron chi connectivity index (χ2n) is 10.1. The van der Waals surface area contributed by atoms with Crippen molar-refractivity contribution in [3.63, 3.8) is 0 Å². The number of hydrogen-bond donors (Lipinski definition) is 1. The maximum absolute atomic E-state index is 12.9. The molecule has 5 nitrogen and oxygen atoms in total.